The number of aliphatic carboxylic acids is 1. The maximum atomic E-state index is 10.6. The summed E-state index contributed by atoms with van der Waals surface area (Å²) in [4.78, 5) is 10.6. The van der Waals surface area contributed by atoms with E-state index in [9.17, 15) is 4.79 Å². The van der Waals surface area contributed by atoms with E-state index < -0.39 is 5.97 Å². The fraction of sp³-hybridized carbons (Fsp3) is 0.875. The van der Waals surface area contributed by atoms with Crippen LogP contribution in [0.5, 0.6) is 0 Å². The first-order chi connectivity index (χ1) is 5.22. The summed E-state index contributed by atoms with van der Waals surface area (Å²) in [6.07, 6.45) is 4.59. The molecule has 0 aromatic heterocycles. The van der Waals surface area contributed by atoms with Gasteiger partial charge in [-0.15, -0.1) is 0 Å². The topological polar surface area (TPSA) is 37.3 Å². The molecular formula is C8H16O2S. The average molecular weight is 176 g/mol. The van der Waals surface area contributed by atoms with E-state index in [0.29, 0.717) is 0 Å². The molecular weight excluding hydrogens is 160 g/mol. The molecule has 1 atom stereocenters. The van der Waals surface area contributed by atoms with Gasteiger partial charge >= 0.3 is 5.97 Å². The molecule has 3 heteroatoms. The van der Waals surface area contributed by atoms with Crippen molar-refractivity contribution in [1.82, 2.24) is 0 Å². The summed E-state index contributed by atoms with van der Waals surface area (Å²) >= 11 is 1.71. The number of thioether (sulfide) groups is 1. The zero-order valence-electron chi connectivity index (χ0n) is 7.17. The van der Waals surface area contributed by atoms with Crippen LogP contribution in [0.15, 0.2) is 0 Å². The molecule has 0 rings (SSSR count). The minimum absolute atomic E-state index is 0.118. The molecule has 0 fully saturated rings. The van der Waals surface area contributed by atoms with E-state index in [2.05, 4.69) is 0 Å². The fourth-order valence-corrected chi connectivity index (χ4v) is 1.52. The normalized spacial score (nSPS) is 12.9. The molecule has 0 radical (unpaired) electrons. The van der Waals surface area contributed by atoms with Crippen molar-refractivity contribution in [3.05, 3.63) is 0 Å². The Morgan fingerprint density at radius 3 is 2.55 bits per heavy atom. The van der Waals surface area contributed by atoms with Crippen LogP contribution in [-0.4, -0.2) is 23.1 Å². The smallest absolute Gasteiger partial charge is 0.306 e. The summed E-state index contributed by atoms with van der Waals surface area (Å²) in [5.41, 5.74) is 0. The van der Waals surface area contributed by atoms with Gasteiger partial charge in [-0.3, -0.25) is 4.79 Å². The summed E-state index contributed by atoms with van der Waals surface area (Å²) in [6, 6.07) is 0. The van der Waals surface area contributed by atoms with Crippen LogP contribution in [0.25, 0.3) is 0 Å². The molecule has 0 aromatic carbocycles. The second-order valence-electron chi connectivity index (χ2n) is 2.61. The van der Waals surface area contributed by atoms with Gasteiger partial charge in [0.05, 0.1) is 5.92 Å². The Morgan fingerprint density at radius 2 is 2.18 bits per heavy atom. The van der Waals surface area contributed by atoms with Gasteiger partial charge < -0.3 is 5.11 Å². The number of rotatable bonds is 6. The van der Waals surface area contributed by atoms with Crippen molar-refractivity contribution >= 4 is 17.7 Å². The van der Waals surface area contributed by atoms with E-state index in [0.717, 1.165) is 25.0 Å². The second kappa shape index (κ2) is 6.53. The van der Waals surface area contributed by atoms with Gasteiger partial charge in [0.2, 0.25) is 0 Å². The average Bonchev–Trinajstić information content (AvgIpc) is 1.97. The second-order valence-corrected chi connectivity index (χ2v) is 3.59. The van der Waals surface area contributed by atoms with E-state index in [1.54, 1.807) is 11.8 Å². The largest absolute Gasteiger partial charge is 0.481 e. The maximum absolute atomic E-state index is 10.6. The molecule has 1 N–H and O–H groups in total. The monoisotopic (exact) mass is 176 g/mol. The van der Waals surface area contributed by atoms with Crippen LogP contribution in [0.2, 0.25) is 0 Å². The predicted octanol–water partition coefficient (Wildman–Crippen LogP) is 2.24. The number of hydrogen-bond donors (Lipinski definition) is 1. The summed E-state index contributed by atoms with van der Waals surface area (Å²) in [7, 11) is 0. The Hall–Kier alpha value is -0.180. The van der Waals surface area contributed by atoms with Crippen molar-refractivity contribution in [3.63, 3.8) is 0 Å². The highest BCUT2D eigenvalue weighted by Crippen LogP contribution is 2.13. The maximum Gasteiger partial charge on any atom is 0.306 e. The first kappa shape index (κ1) is 10.8. The third kappa shape index (κ3) is 5.13. The summed E-state index contributed by atoms with van der Waals surface area (Å²) < 4.78 is 0. The van der Waals surface area contributed by atoms with E-state index in [1.807, 2.05) is 13.2 Å². The van der Waals surface area contributed by atoms with Crippen LogP contribution in [0.1, 0.15) is 26.2 Å². The third-order valence-electron chi connectivity index (χ3n) is 1.66. The van der Waals surface area contributed by atoms with Crippen molar-refractivity contribution in [1.29, 1.82) is 0 Å². The predicted molar refractivity (Wildman–Crippen MR) is 49.0 cm³/mol. The molecule has 0 saturated heterocycles. The highest BCUT2D eigenvalue weighted by atomic mass is 32.2. The van der Waals surface area contributed by atoms with E-state index in [-0.39, 0.29) is 5.92 Å². The molecule has 0 aliphatic carbocycles. The third-order valence-corrected chi connectivity index (χ3v) is 2.30. The van der Waals surface area contributed by atoms with Gasteiger partial charge in [-0.05, 0) is 24.9 Å². The Labute approximate surface area is 72.4 Å². The van der Waals surface area contributed by atoms with E-state index in [4.69, 9.17) is 5.11 Å². The van der Waals surface area contributed by atoms with Gasteiger partial charge in [0.15, 0.2) is 0 Å². The van der Waals surface area contributed by atoms with E-state index in [1.165, 1.54) is 0 Å². The van der Waals surface area contributed by atoms with Gasteiger partial charge in [0.25, 0.3) is 0 Å². The molecule has 0 aliphatic rings. The Balaban J connectivity index is 3.60. The molecule has 0 amide bonds. The molecule has 0 bridgehead atoms. The van der Waals surface area contributed by atoms with Gasteiger partial charge in [0, 0.05) is 0 Å². The fourth-order valence-electron chi connectivity index (χ4n) is 1.000. The highest BCUT2D eigenvalue weighted by Gasteiger charge is 2.14. The molecule has 0 saturated carbocycles. The van der Waals surface area contributed by atoms with Crippen LogP contribution >= 0.6 is 11.8 Å². The Bertz CT molecular complexity index is 115. The van der Waals surface area contributed by atoms with Gasteiger partial charge in [-0.1, -0.05) is 13.3 Å². The van der Waals surface area contributed by atoms with Gasteiger partial charge in [-0.25, -0.2) is 0 Å². The van der Waals surface area contributed by atoms with Crippen LogP contribution in [-0.2, 0) is 4.79 Å². The minimum Gasteiger partial charge on any atom is -0.481 e. The first-order valence-corrected chi connectivity index (χ1v) is 5.33. The summed E-state index contributed by atoms with van der Waals surface area (Å²) in [6.45, 7) is 2.02. The lowest BCUT2D eigenvalue weighted by Crippen LogP contribution is -2.14. The van der Waals surface area contributed by atoms with Crippen LogP contribution < -0.4 is 0 Å². The molecule has 0 heterocycles. The zero-order chi connectivity index (χ0) is 8.69. The number of hydrogen-bond acceptors (Lipinski definition) is 2. The molecule has 0 aliphatic heterocycles. The van der Waals surface area contributed by atoms with Crippen molar-refractivity contribution in [2.45, 2.75) is 26.2 Å². The number of carboxylic acids is 1. The molecule has 66 valence electrons. The lowest BCUT2D eigenvalue weighted by Gasteiger charge is -2.08. The summed E-state index contributed by atoms with van der Waals surface area (Å²) in [5.74, 6) is 0.199. The van der Waals surface area contributed by atoms with Crippen LogP contribution in [0.3, 0.4) is 0 Å². The number of carboxylic acid groups (broad SMARTS) is 1. The lowest BCUT2D eigenvalue weighted by atomic mass is 10.0. The Morgan fingerprint density at radius 1 is 1.55 bits per heavy atom. The summed E-state index contributed by atoms with van der Waals surface area (Å²) in [5, 5.41) is 8.72. The minimum atomic E-state index is -0.638. The quantitative estimate of drug-likeness (QED) is 0.674. The zero-order valence-corrected chi connectivity index (χ0v) is 7.99. The van der Waals surface area contributed by atoms with Gasteiger partial charge in [0.1, 0.15) is 0 Å². The van der Waals surface area contributed by atoms with Crippen molar-refractivity contribution in [2.75, 3.05) is 12.0 Å². The van der Waals surface area contributed by atoms with Crippen molar-refractivity contribution < 1.29 is 9.90 Å². The standard InChI is InChI=1S/C8H16O2S/c1-3-4-7(8(9)10)5-6-11-2/h7H,3-6H2,1-2H3,(H,9,10). The van der Waals surface area contributed by atoms with Crippen LogP contribution in [0.4, 0.5) is 0 Å². The molecule has 2 nitrogen and oxygen atoms in total. The molecule has 0 aromatic rings. The van der Waals surface area contributed by atoms with Gasteiger partial charge in [-0.2, -0.15) is 11.8 Å². The molecule has 0 spiro atoms. The van der Waals surface area contributed by atoms with E-state index >= 15 is 0 Å². The first-order valence-electron chi connectivity index (χ1n) is 3.94. The molecule has 11 heavy (non-hydrogen) atoms. The van der Waals surface area contributed by atoms with Crippen molar-refractivity contribution in [2.24, 2.45) is 5.92 Å². The van der Waals surface area contributed by atoms with Crippen molar-refractivity contribution in [3.8, 4) is 0 Å². The lowest BCUT2D eigenvalue weighted by molar-refractivity contribution is -0.142. The number of carbonyl (C=O) groups is 1. The SMILES string of the molecule is CCCC(CCSC)C(=O)O. The highest BCUT2D eigenvalue weighted by molar-refractivity contribution is 7.98. The Kier molecular flexibility index (Phi) is 6.42. The van der Waals surface area contributed by atoms with Crippen LogP contribution in [0, 0.1) is 5.92 Å². The molecule has 1 unspecified atom stereocenters.